The number of hydrogen-bond acceptors (Lipinski definition) is 10. The second kappa shape index (κ2) is 11.9. The van der Waals surface area contributed by atoms with Crippen molar-refractivity contribution < 1.29 is 47.1 Å². The summed E-state index contributed by atoms with van der Waals surface area (Å²) in [4.78, 5) is 46.2. The van der Waals surface area contributed by atoms with Crippen LogP contribution in [0.15, 0.2) is 15.8 Å². The zero-order valence-corrected chi connectivity index (χ0v) is 23.9. The van der Waals surface area contributed by atoms with Crippen molar-refractivity contribution in [3.8, 4) is 0 Å². The van der Waals surface area contributed by atoms with Crippen molar-refractivity contribution in [3.05, 3.63) is 32.6 Å². The van der Waals surface area contributed by atoms with Crippen LogP contribution in [-0.2, 0) is 32.2 Å². The van der Waals surface area contributed by atoms with Crippen molar-refractivity contribution in [1.82, 2.24) is 9.55 Å². The largest absolute Gasteiger partial charge is 0.472 e. The molecule has 214 valence electrons. The molecule has 14 nitrogen and oxygen atoms in total. The highest BCUT2D eigenvalue weighted by atomic mass is 31.2. The van der Waals surface area contributed by atoms with Crippen LogP contribution in [0.4, 0.5) is 0 Å². The number of nitrogens with one attached hydrogen (secondary N) is 1. The summed E-state index contributed by atoms with van der Waals surface area (Å²) in [5, 5.41) is 8.67. The minimum absolute atomic E-state index is 0.000635. The highest BCUT2D eigenvalue weighted by Crippen LogP contribution is 2.56. The number of H-pyrrole nitrogens is 1. The molecular formula is C21H38N2O12P2. The van der Waals surface area contributed by atoms with Crippen LogP contribution in [0.1, 0.15) is 66.2 Å². The summed E-state index contributed by atoms with van der Waals surface area (Å²) in [6.45, 7) is 9.90. The molecule has 1 aromatic rings. The molecule has 2 heterocycles. The van der Waals surface area contributed by atoms with E-state index in [0.29, 0.717) is 0 Å². The van der Waals surface area contributed by atoms with Crippen molar-refractivity contribution in [2.24, 2.45) is 0 Å². The molecule has 0 radical (unpaired) electrons. The molecule has 0 saturated carbocycles. The molecule has 0 aromatic carbocycles. The summed E-state index contributed by atoms with van der Waals surface area (Å²) in [5.74, 6) is 0. The van der Waals surface area contributed by atoms with Crippen LogP contribution in [0.3, 0.4) is 0 Å². The predicted molar refractivity (Wildman–Crippen MR) is 132 cm³/mol. The lowest BCUT2D eigenvalue weighted by Gasteiger charge is -2.33. The van der Waals surface area contributed by atoms with E-state index in [2.05, 4.69) is 4.98 Å². The first kappa shape index (κ1) is 32.0. The number of ether oxygens (including phenoxy) is 2. The van der Waals surface area contributed by atoms with Gasteiger partial charge in [-0.05, 0) is 54.9 Å². The molecule has 2 rings (SSSR count). The lowest BCUT2D eigenvalue weighted by molar-refractivity contribution is -0.0517. The third kappa shape index (κ3) is 8.93. The zero-order valence-electron chi connectivity index (χ0n) is 22.1. The van der Waals surface area contributed by atoms with Crippen LogP contribution < -0.4 is 11.2 Å². The van der Waals surface area contributed by atoms with Gasteiger partial charge < -0.3 is 28.9 Å². The Labute approximate surface area is 215 Å². The number of aryl methyl sites for hydroxylation is 1. The summed E-state index contributed by atoms with van der Waals surface area (Å²) < 4.78 is 52.7. The smallest absolute Gasteiger partial charge is 0.390 e. The number of aliphatic hydroxyl groups excluding tert-OH is 1. The average Bonchev–Trinajstić information content (AvgIpc) is 3.07. The van der Waals surface area contributed by atoms with E-state index in [1.807, 2.05) is 0 Å². The number of nitrogens with zero attached hydrogens (tertiary/aromatic N) is 1. The van der Waals surface area contributed by atoms with E-state index in [9.17, 15) is 33.6 Å². The Morgan fingerprint density at radius 2 is 1.84 bits per heavy atom. The standard InChI is InChI=1S/C21H38N2O12P2/c1-13(2)34-37(29,30)35-20(4,5)8-9-31-21(6,7)36(27,28)32-12-16-15(24)10-17(33-16)23-11-14(3)18(25)22-19(23)26/h11,13,15-17,24H,8-10,12H2,1-7H3,(H,27,28)(H,29,30)(H,22,25,26). The number of aliphatic hydroxyl groups is 1. The lowest BCUT2D eigenvalue weighted by atomic mass is 10.1. The first-order chi connectivity index (χ1) is 16.8. The van der Waals surface area contributed by atoms with Gasteiger partial charge in [0.2, 0.25) is 0 Å². The number of phosphoric ester groups is 1. The van der Waals surface area contributed by atoms with Gasteiger partial charge in [0.15, 0.2) is 5.34 Å². The highest BCUT2D eigenvalue weighted by molar-refractivity contribution is 7.54. The Morgan fingerprint density at radius 1 is 1.22 bits per heavy atom. The van der Waals surface area contributed by atoms with Gasteiger partial charge in [-0.15, -0.1) is 0 Å². The molecule has 0 bridgehead atoms. The zero-order chi connectivity index (χ0) is 28.4. The second-order valence-electron chi connectivity index (χ2n) is 10.2. The minimum atomic E-state index is -4.43. The molecule has 4 N–H and O–H groups in total. The molecule has 1 saturated heterocycles. The molecule has 16 heteroatoms. The van der Waals surface area contributed by atoms with Crippen molar-refractivity contribution in [2.75, 3.05) is 13.2 Å². The number of aromatic amines is 1. The summed E-state index contributed by atoms with van der Waals surface area (Å²) >= 11 is 0. The maximum absolute atomic E-state index is 12.9. The predicted octanol–water partition coefficient (Wildman–Crippen LogP) is 2.16. The number of phosphoric acid groups is 1. The lowest BCUT2D eigenvalue weighted by Crippen LogP contribution is -2.34. The van der Waals surface area contributed by atoms with Crippen LogP contribution in [0.5, 0.6) is 0 Å². The first-order valence-electron chi connectivity index (χ1n) is 11.7. The van der Waals surface area contributed by atoms with E-state index in [-0.39, 0.29) is 25.0 Å². The fraction of sp³-hybridized carbons (Fsp3) is 0.810. The second-order valence-corrected chi connectivity index (χ2v) is 14.0. The molecule has 1 aromatic heterocycles. The average molecular weight is 572 g/mol. The van der Waals surface area contributed by atoms with Crippen LogP contribution >= 0.6 is 15.4 Å². The van der Waals surface area contributed by atoms with Crippen molar-refractivity contribution in [3.63, 3.8) is 0 Å². The molecular weight excluding hydrogens is 534 g/mol. The highest BCUT2D eigenvalue weighted by Gasteiger charge is 2.45. The van der Waals surface area contributed by atoms with Gasteiger partial charge in [-0.25, -0.2) is 9.36 Å². The molecule has 0 aliphatic carbocycles. The van der Waals surface area contributed by atoms with Crippen molar-refractivity contribution in [1.29, 1.82) is 0 Å². The van der Waals surface area contributed by atoms with E-state index in [0.717, 1.165) is 4.57 Å². The Bertz CT molecular complexity index is 1150. The number of hydrogen-bond donors (Lipinski definition) is 4. The molecule has 0 spiro atoms. The summed E-state index contributed by atoms with van der Waals surface area (Å²) in [7, 11) is -8.74. The van der Waals surface area contributed by atoms with Crippen LogP contribution in [-0.4, -0.2) is 66.9 Å². The van der Waals surface area contributed by atoms with Gasteiger partial charge in [0.25, 0.3) is 5.56 Å². The van der Waals surface area contributed by atoms with Crippen LogP contribution in [0, 0.1) is 6.92 Å². The van der Waals surface area contributed by atoms with Gasteiger partial charge in [-0.3, -0.25) is 28.0 Å². The van der Waals surface area contributed by atoms with Gasteiger partial charge >= 0.3 is 21.1 Å². The fourth-order valence-corrected chi connectivity index (χ4v) is 5.65. The topological polar surface area (TPSA) is 196 Å². The Kier molecular flexibility index (Phi) is 10.3. The molecule has 0 amide bonds. The van der Waals surface area contributed by atoms with E-state index in [1.54, 1.807) is 27.7 Å². The Morgan fingerprint density at radius 3 is 2.43 bits per heavy atom. The van der Waals surface area contributed by atoms with E-state index in [1.165, 1.54) is 27.0 Å². The normalized spacial score (nSPS) is 24.2. The third-order valence-electron chi connectivity index (χ3n) is 5.62. The molecule has 1 fully saturated rings. The van der Waals surface area contributed by atoms with E-state index < -0.39 is 68.8 Å². The maximum atomic E-state index is 12.9. The Hall–Kier alpha value is -1.18. The van der Waals surface area contributed by atoms with Crippen LogP contribution in [0.25, 0.3) is 0 Å². The Balaban J connectivity index is 1.94. The van der Waals surface area contributed by atoms with E-state index >= 15 is 0 Å². The van der Waals surface area contributed by atoms with Gasteiger partial charge in [0, 0.05) is 18.2 Å². The molecule has 5 unspecified atom stereocenters. The van der Waals surface area contributed by atoms with E-state index in [4.69, 9.17) is 23.0 Å². The molecule has 37 heavy (non-hydrogen) atoms. The summed E-state index contributed by atoms with van der Waals surface area (Å²) in [6.07, 6.45) is -2.16. The molecule has 1 aliphatic rings. The molecule has 5 atom stereocenters. The van der Waals surface area contributed by atoms with Crippen molar-refractivity contribution >= 4 is 15.4 Å². The minimum Gasteiger partial charge on any atom is -0.390 e. The van der Waals surface area contributed by atoms with Gasteiger partial charge in [-0.2, -0.15) is 0 Å². The van der Waals surface area contributed by atoms with Gasteiger partial charge in [-0.1, -0.05) is 0 Å². The quantitative estimate of drug-likeness (QED) is 0.252. The fourth-order valence-electron chi connectivity index (χ4n) is 3.44. The summed E-state index contributed by atoms with van der Waals surface area (Å²) in [6, 6.07) is 0. The molecule has 1 aliphatic heterocycles. The summed E-state index contributed by atoms with van der Waals surface area (Å²) in [5.41, 5.74) is -2.12. The van der Waals surface area contributed by atoms with Gasteiger partial charge in [0.05, 0.1) is 31.0 Å². The SMILES string of the molecule is Cc1cn(C2CC(O)C(COP(=O)(O)C(C)(C)OCCC(C)(C)OP(=O)(O)OC(C)C)O2)c(=O)[nH]c1=O. The van der Waals surface area contributed by atoms with Gasteiger partial charge in [0.1, 0.15) is 12.3 Å². The monoisotopic (exact) mass is 572 g/mol. The number of aromatic nitrogens is 2. The maximum Gasteiger partial charge on any atom is 0.472 e. The van der Waals surface area contributed by atoms with Crippen LogP contribution in [0.2, 0.25) is 0 Å². The first-order valence-corrected chi connectivity index (χ1v) is 14.8. The number of rotatable bonds is 13. The third-order valence-corrected chi connectivity index (χ3v) is 9.02. The van der Waals surface area contributed by atoms with Crippen molar-refractivity contribution in [2.45, 2.75) is 96.8 Å².